The van der Waals surface area contributed by atoms with Gasteiger partial charge in [-0.15, -0.1) is 11.8 Å². The molecule has 0 spiro atoms. The molecule has 0 amide bonds. The Hall–Kier alpha value is -0.470. The maximum atomic E-state index is 8.84. The zero-order valence-electron chi connectivity index (χ0n) is 7.99. The molecule has 0 saturated carbocycles. The quantitative estimate of drug-likeness (QED) is 0.577. The highest BCUT2D eigenvalue weighted by Gasteiger charge is 1.93. The van der Waals surface area contributed by atoms with E-state index in [1.165, 1.54) is 23.5 Å². The van der Waals surface area contributed by atoms with Crippen molar-refractivity contribution in [1.29, 1.82) is 0 Å². The predicted octanol–water partition coefficient (Wildman–Crippen LogP) is 3.07. The highest BCUT2D eigenvalue weighted by atomic mass is 32.2. The van der Waals surface area contributed by atoms with Gasteiger partial charge in [0.1, 0.15) is 0 Å². The third-order valence-corrected chi connectivity index (χ3v) is 2.97. The summed E-state index contributed by atoms with van der Waals surface area (Å²) in [5.74, 6) is 1.19. The Morgan fingerprint density at radius 1 is 1.23 bits per heavy atom. The lowest BCUT2D eigenvalue weighted by atomic mass is 10.2. The number of thioether (sulfide) groups is 1. The molecule has 1 N–H and O–H groups in total. The molecule has 0 aliphatic rings. The van der Waals surface area contributed by atoms with Gasteiger partial charge in [0.2, 0.25) is 0 Å². The first-order valence-corrected chi connectivity index (χ1v) is 5.68. The van der Waals surface area contributed by atoms with Gasteiger partial charge in [-0.1, -0.05) is 25.5 Å². The molecule has 2 heteroatoms. The van der Waals surface area contributed by atoms with Crippen molar-refractivity contribution in [2.75, 3.05) is 5.75 Å². The van der Waals surface area contributed by atoms with Gasteiger partial charge in [0, 0.05) is 4.90 Å². The van der Waals surface area contributed by atoms with Crippen LogP contribution in [0.2, 0.25) is 0 Å². The first-order chi connectivity index (χ1) is 6.36. The molecule has 0 aliphatic heterocycles. The summed E-state index contributed by atoms with van der Waals surface area (Å²) in [5.41, 5.74) is 0.986. The zero-order valence-corrected chi connectivity index (χ0v) is 8.81. The molecule has 0 bridgehead atoms. The van der Waals surface area contributed by atoms with Gasteiger partial charge in [0.15, 0.2) is 0 Å². The maximum Gasteiger partial charge on any atom is 0.0681 e. The normalized spacial score (nSPS) is 10.3. The fourth-order valence-corrected chi connectivity index (χ4v) is 2.02. The Morgan fingerprint density at radius 3 is 2.46 bits per heavy atom. The van der Waals surface area contributed by atoms with E-state index in [9.17, 15) is 0 Å². The number of hydrogen-bond donors (Lipinski definition) is 1. The minimum absolute atomic E-state index is 0.139. The van der Waals surface area contributed by atoms with Crippen molar-refractivity contribution in [2.24, 2.45) is 0 Å². The SMILES string of the molecule is CCCCSc1ccc(CO)cc1. The van der Waals surface area contributed by atoms with Gasteiger partial charge in [-0.3, -0.25) is 0 Å². The van der Waals surface area contributed by atoms with Gasteiger partial charge in [-0.25, -0.2) is 0 Å². The number of hydrogen-bond acceptors (Lipinski definition) is 2. The topological polar surface area (TPSA) is 20.2 Å². The van der Waals surface area contributed by atoms with Gasteiger partial charge >= 0.3 is 0 Å². The van der Waals surface area contributed by atoms with E-state index in [4.69, 9.17) is 5.11 Å². The van der Waals surface area contributed by atoms with Gasteiger partial charge in [0.05, 0.1) is 6.61 Å². The number of aliphatic hydroxyl groups excluding tert-OH is 1. The van der Waals surface area contributed by atoms with Crippen molar-refractivity contribution in [3.63, 3.8) is 0 Å². The van der Waals surface area contributed by atoms with Crippen LogP contribution in [-0.4, -0.2) is 10.9 Å². The van der Waals surface area contributed by atoms with Crippen molar-refractivity contribution in [3.8, 4) is 0 Å². The third-order valence-electron chi connectivity index (χ3n) is 1.87. The van der Waals surface area contributed by atoms with E-state index in [2.05, 4.69) is 19.1 Å². The Bertz CT molecular complexity index is 230. The molecule has 0 radical (unpaired) electrons. The van der Waals surface area contributed by atoms with E-state index in [0.717, 1.165) is 5.56 Å². The molecule has 0 unspecified atom stereocenters. The van der Waals surface area contributed by atoms with Crippen LogP contribution in [0.15, 0.2) is 29.2 Å². The van der Waals surface area contributed by atoms with Crippen LogP contribution in [0.5, 0.6) is 0 Å². The van der Waals surface area contributed by atoms with Gasteiger partial charge in [0.25, 0.3) is 0 Å². The van der Waals surface area contributed by atoms with Gasteiger partial charge < -0.3 is 5.11 Å². The molecule has 13 heavy (non-hydrogen) atoms. The summed E-state index contributed by atoms with van der Waals surface area (Å²) in [5, 5.41) is 8.84. The molecule has 72 valence electrons. The highest BCUT2D eigenvalue weighted by molar-refractivity contribution is 7.99. The largest absolute Gasteiger partial charge is 0.392 e. The number of aliphatic hydroxyl groups is 1. The third kappa shape index (κ3) is 3.83. The monoisotopic (exact) mass is 196 g/mol. The summed E-state index contributed by atoms with van der Waals surface area (Å²) in [6.07, 6.45) is 2.52. The van der Waals surface area contributed by atoms with E-state index in [1.54, 1.807) is 0 Å². The Balaban J connectivity index is 2.40. The van der Waals surface area contributed by atoms with Crippen molar-refractivity contribution in [2.45, 2.75) is 31.3 Å². The van der Waals surface area contributed by atoms with Gasteiger partial charge in [-0.05, 0) is 29.9 Å². The van der Waals surface area contributed by atoms with Crippen LogP contribution >= 0.6 is 11.8 Å². The fraction of sp³-hybridized carbons (Fsp3) is 0.455. The van der Waals surface area contributed by atoms with Crippen molar-refractivity contribution < 1.29 is 5.11 Å². The van der Waals surface area contributed by atoms with E-state index in [0.29, 0.717) is 0 Å². The lowest BCUT2D eigenvalue weighted by molar-refractivity contribution is 0.282. The highest BCUT2D eigenvalue weighted by Crippen LogP contribution is 2.19. The summed E-state index contributed by atoms with van der Waals surface area (Å²) < 4.78 is 0. The molecule has 1 aromatic rings. The van der Waals surface area contributed by atoms with E-state index < -0.39 is 0 Å². The molecule has 0 heterocycles. The average Bonchev–Trinajstić information content (AvgIpc) is 2.19. The van der Waals surface area contributed by atoms with E-state index in [-0.39, 0.29) is 6.61 Å². The van der Waals surface area contributed by atoms with E-state index in [1.807, 2.05) is 23.9 Å². The summed E-state index contributed by atoms with van der Waals surface area (Å²) in [4.78, 5) is 1.30. The molecule has 0 atom stereocenters. The van der Waals surface area contributed by atoms with Crippen molar-refractivity contribution >= 4 is 11.8 Å². The average molecular weight is 196 g/mol. The lowest BCUT2D eigenvalue weighted by Crippen LogP contribution is -1.82. The van der Waals surface area contributed by atoms with Crippen LogP contribution < -0.4 is 0 Å². The summed E-state index contributed by atoms with van der Waals surface area (Å²) in [7, 11) is 0. The first-order valence-electron chi connectivity index (χ1n) is 4.69. The summed E-state index contributed by atoms with van der Waals surface area (Å²) in [6, 6.07) is 8.11. The fourth-order valence-electron chi connectivity index (χ4n) is 1.03. The lowest BCUT2D eigenvalue weighted by Gasteiger charge is -2.01. The van der Waals surface area contributed by atoms with Crippen molar-refractivity contribution in [1.82, 2.24) is 0 Å². The molecule has 0 fully saturated rings. The van der Waals surface area contributed by atoms with Crippen LogP contribution in [0.25, 0.3) is 0 Å². The molecule has 0 aliphatic carbocycles. The molecule has 1 nitrogen and oxygen atoms in total. The second-order valence-electron chi connectivity index (χ2n) is 3.00. The van der Waals surface area contributed by atoms with Crippen LogP contribution in [0.3, 0.4) is 0 Å². The minimum Gasteiger partial charge on any atom is -0.392 e. The van der Waals surface area contributed by atoms with Crippen LogP contribution in [0.1, 0.15) is 25.3 Å². The minimum atomic E-state index is 0.139. The standard InChI is InChI=1S/C11H16OS/c1-2-3-8-13-11-6-4-10(9-12)5-7-11/h4-7,12H,2-3,8-9H2,1H3. The molecular formula is C11H16OS. The molecule has 0 saturated heterocycles. The van der Waals surface area contributed by atoms with Crippen LogP contribution in [-0.2, 0) is 6.61 Å². The second-order valence-corrected chi connectivity index (χ2v) is 4.17. The number of unbranched alkanes of at least 4 members (excludes halogenated alkanes) is 1. The number of benzene rings is 1. The van der Waals surface area contributed by atoms with E-state index >= 15 is 0 Å². The summed E-state index contributed by atoms with van der Waals surface area (Å²) in [6.45, 7) is 2.34. The van der Waals surface area contributed by atoms with Gasteiger partial charge in [-0.2, -0.15) is 0 Å². The Labute approximate surface area is 84.2 Å². The smallest absolute Gasteiger partial charge is 0.0681 e. The molecular weight excluding hydrogens is 180 g/mol. The van der Waals surface area contributed by atoms with Crippen LogP contribution in [0, 0.1) is 0 Å². The Morgan fingerprint density at radius 2 is 1.92 bits per heavy atom. The summed E-state index contributed by atoms with van der Waals surface area (Å²) >= 11 is 1.88. The predicted molar refractivity (Wildman–Crippen MR) is 58.0 cm³/mol. The van der Waals surface area contributed by atoms with Crippen LogP contribution in [0.4, 0.5) is 0 Å². The zero-order chi connectivity index (χ0) is 9.52. The first kappa shape index (κ1) is 10.6. The number of rotatable bonds is 5. The molecule has 0 aromatic heterocycles. The second kappa shape index (κ2) is 6.06. The maximum absolute atomic E-state index is 8.84. The van der Waals surface area contributed by atoms with Crippen molar-refractivity contribution in [3.05, 3.63) is 29.8 Å². The molecule has 1 aromatic carbocycles. The Kier molecular flexibility index (Phi) is 4.94. The molecule has 1 rings (SSSR count).